The summed E-state index contributed by atoms with van der Waals surface area (Å²) < 4.78 is 0. The Bertz CT molecular complexity index is 1190. The van der Waals surface area contributed by atoms with Gasteiger partial charge in [0.05, 0.1) is 18.1 Å². The Morgan fingerprint density at radius 2 is 1.82 bits per heavy atom. The predicted molar refractivity (Wildman–Crippen MR) is 150 cm³/mol. The number of hydrogen-bond donors (Lipinski definition) is 2. The van der Waals surface area contributed by atoms with E-state index in [4.69, 9.17) is 0 Å². The number of carbonyl (C=O) groups is 4. The number of likely N-dealkylation sites (N-methyl/N-ethyl adjacent to an activating group) is 1. The van der Waals surface area contributed by atoms with Crippen molar-refractivity contribution in [3.63, 3.8) is 0 Å². The van der Waals surface area contributed by atoms with Crippen molar-refractivity contribution in [1.82, 2.24) is 20.4 Å². The average Bonchev–Trinajstić information content (AvgIpc) is 3.34. The molecule has 0 radical (unpaired) electrons. The summed E-state index contributed by atoms with van der Waals surface area (Å²) in [4.78, 5) is 53.4. The number of rotatable bonds is 9. The summed E-state index contributed by atoms with van der Waals surface area (Å²) in [6.07, 6.45) is 5.11. The summed E-state index contributed by atoms with van der Waals surface area (Å²) in [6.45, 7) is 6.68. The van der Waals surface area contributed by atoms with Crippen molar-refractivity contribution >= 4 is 24.5 Å². The number of hydrogen-bond acceptors (Lipinski definition) is 5. The maximum Gasteiger partial charge on any atom is 0.251 e. The monoisotopic (exact) mass is 532 g/mol. The van der Waals surface area contributed by atoms with Gasteiger partial charge in [0.25, 0.3) is 5.91 Å². The Morgan fingerprint density at radius 1 is 1.10 bits per heavy atom. The first-order valence-corrected chi connectivity index (χ1v) is 13.8. The molecule has 4 unspecified atom stereocenters. The van der Waals surface area contributed by atoms with Crippen LogP contribution < -0.4 is 10.6 Å². The minimum Gasteiger partial charge on any atom is -0.347 e. The molecule has 1 aliphatic carbocycles. The van der Waals surface area contributed by atoms with Gasteiger partial charge in [-0.1, -0.05) is 57.2 Å². The third-order valence-electron chi connectivity index (χ3n) is 7.98. The van der Waals surface area contributed by atoms with Crippen LogP contribution in [0.2, 0.25) is 0 Å². The molecule has 1 fully saturated rings. The van der Waals surface area contributed by atoms with E-state index >= 15 is 0 Å². The van der Waals surface area contributed by atoms with E-state index in [1.54, 1.807) is 24.1 Å². The van der Waals surface area contributed by atoms with Gasteiger partial charge in [-0.2, -0.15) is 0 Å². The molecule has 0 aromatic heterocycles. The van der Waals surface area contributed by atoms with E-state index in [1.165, 1.54) is 11.1 Å². The molecule has 1 aliphatic heterocycles. The lowest BCUT2D eigenvalue weighted by Crippen LogP contribution is -2.53. The zero-order valence-corrected chi connectivity index (χ0v) is 23.4. The van der Waals surface area contributed by atoms with Gasteiger partial charge in [-0.3, -0.25) is 14.4 Å². The maximum absolute atomic E-state index is 13.2. The standard InChI is InChI=1S/C31H40N4O4/c1-31(2,3)28(32-4)30(39)35-18-24(16-25(35)19-36)33-29(38)23-14-12-21(13-15-23)17-34(20-37)27-11-7-9-22-8-5-6-10-26(22)27/h5-6,8,10,12-15,19-20,24-25,27-28,32H,7,9,11,16-18H2,1-4H3,(H,33,38). The third kappa shape index (κ3) is 6.38. The highest BCUT2D eigenvalue weighted by atomic mass is 16.2. The van der Waals surface area contributed by atoms with E-state index < -0.39 is 12.1 Å². The molecule has 4 rings (SSSR count). The second kappa shape index (κ2) is 12.1. The fraction of sp³-hybridized carbons (Fsp3) is 0.484. The molecule has 2 aromatic rings. The fourth-order valence-electron chi connectivity index (χ4n) is 5.98. The first-order chi connectivity index (χ1) is 18.7. The number of amides is 3. The molecular weight excluding hydrogens is 492 g/mol. The molecule has 4 atom stereocenters. The van der Waals surface area contributed by atoms with Crippen LogP contribution in [-0.2, 0) is 27.3 Å². The minimum absolute atomic E-state index is 0.0509. The van der Waals surface area contributed by atoms with Crippen LogP contribution in [0.15, 0.2) is 48.5 Å². The quantitative estimate of drug-likeness (QED) is 0.483. The smallest absolute Gasteiger partial charge is 0.251 e. The first kappa shape index (κ1) is 28.5. The van der Waals surface area contributed by atoms with Crippen molar-refractivity contribution in [2.24, 2.45) is 5.41 Å². The summed E-state index contributed by atoms with van der Waals surface area (Å²) in [5.74, 6) is -0.386. The lowest BCUT2D eigenvalue weighted by Gasteiger charge is -2.34. The number of benzene rings is 2. The summed E-state index contributed by atoms with van der Waals surface area (Å²) in [6, 6.07) is 14.3. The van der Waals surface area contributed by atoms with Gasteiger partial charge in [0.2, 0.25) is 12.3 Å². The van der Waals surface area contributed by atoms with Gasteiger partial charge in [-0.25, -0.2) is 0 Å². The molecule has 0 spiro atoms. The number of aldehydes is 1. The fourth-order valence-corrected chi connectivity index (χ4v) is 5.98. The Hall–Kier alpha value is -3.52. The van der Waals surface area contributed by atoms with Gasteiger partial charge in [-0.05, 0) is 67.0 Å². The molecule has 8 nitrogen and oxygen atoms in total. The molecule has 39 heavy (non-hydrogen) atoms. The molecule has 208 valence electrons. The van der Waals surface area contributed by atoms with Crippen LogP contribution in [0.4, 0.5) is 0 Å². The summed E-state index contributed by atoms with van der Waals surface area (Å²) in [5, 5.41) is 6.07. The number of fused-ring (bicyclic) bond motifs is 1. The van der Waals surface area contributed by atoms with Crippen LogP contribution in [0.5, 0.6) is 0 Å². The Labute approximate surface area is 231 Å². The highest BCUT2D eigenvalue weighted by Gasteiger charge is 2.41. The number of carbonyl (C=O) groups excluding carboxylic acids is 4. The Balaban J connectivity index is 1.38. The normalized spacial score (nSPS) is 21.5. The molecular formula is C31H40N4O4. The molecule has 0 bridgehead atoms. The highest BCUT2D eigenvalue weighted by molar-refractivity contribution is 5.94. The number of nitrogens with one attached hydrogen (secondary N) is 2. The van der Waals surface area contributed by atoms with E-state index in [9.17, 15) is 19.2 Å². The van der Waals surface area contributed by atoms with Crippen LogP contribution in [-0.4, -0.2) is 66.0 Å². The second-order valence-corrected chi connectivity index (χ2v) is 11.8. The SMILES string of the molecule is CNC(C(=O)N1CC(NC(=O)c2ccc(CN(C=O)C3CCCc4ccccc43)cc2)CC1C=O)C(C)(C)C. The predicted octanol–water partition coefficient (Wildman–Crippen LogP) is 3.25. The minimum atomic E-state index is -0.567. The Kier molecular flexibility index (Phi) is 8.85. The van der Waals surface area contributed by atoms with E-state index in [-0.39, 0.29) is 35.9 Å². The third-order valence-corrected chi connectivity index (χ3v) is 7.98. The topological polar surface area (TPSA) is 98.8 Å². The lowest BCUT2D eigenvalue weighted by molar-refractivity contribution is -0.138. The lowest BCUT2D eigenvalue weighted by atomic mass is 9.86. The van der Waals surface area contributed by atoms with Crippen molar-refractivity contribution < 1.29 is 19.2 Å². The molecule has 3 amide bonds. The van der Waals surface area contributed by atoms with Crippen molar-refractivity contribution in [3.8, 4) is 0 Å². The van der Waals surface area contributed by atoms with E-state index in [1.807, 2.05) is 49.9 Å². The molecule has 0 saturated carbocycles. The van der Waals surface area contributed by atoms with Crippen LogP contribution in [0, 0.1) is 5.41 Å². The van der Waals surface area contributed by atoms with Crippen LogP contribution in [0.1, 0.15) is 73.1 Å². The summed E-state index contributed by atoms with van der Waals surface area (Å²) in [7, 11) is 1.74. The van der Waals surface area contributed by atoms with Crippen LogP contribution >= 0.6 is 0 Å². The largest absolute Gasteiger partial charge is 0.347 e. The zero-order chi connectivity index (χ0) is 28.2. The molecule has 1 heterocycles. The van der Waals surface area contributed by atoms with Crippen molar-refractivity contribution in [3.05, 3.63) is 70.8 Å². The van der Waals surface area contributed by atoms with Gasteiger partial charge < -0.3 is 25.2 Å². The van der Waals surface area contributed by atoms with E-state index in [0.29, 0.717) is 18.5 Å². The van der Waals surface area contributed by atoms with E-state index in [0.717, 1.165) is 37.5 Å². The highest BCUT2D eigenvalue weighted by Crippen LogP contribution is 2.34. The van der Waals surface area contributed by atoms with Crippen LogP contribution in [0.3, 0.4) is 0 Å². The number of aryl methyl sites for hydroxylation is 1. The van der Waals surface area contributed by atoms with Crippen molar-refractivity contribution in [1.29, 1.82) is 0 Å². The second-order valence-electron chi connectivity index (χ2n) is 11.8. The molecule has 8 heteroatoms. The first-order valence-electron chi connectivity index (χ1n) is 13.8. The van der Waals surface area contributed by atoms with Gasteiger partial charge in [0, 0.05) is 24.7 Å². The zero-order valence-electron chi connectivity index (χ0n) is 23.4. The van der Waals surface area contributed by atoms with Gasteiger partial charge in [0.15, 0.2) is 0 Å². The summed E-state index contributed by atoms with van der Waals surface area (Å²) >= 11 is 0. The molecule has 2 N–H and O–H groups in total. The number of likely N-dealkylation sites (tertiary alicyclic amines) is 1. The molecule has 2 aromatic carbocycles. The Morgan fingerprint density at radius 3 is 2.46 bits per heavy atom. The van der Waals surface area contributed by atoms with Gasteiger partial charge >= 0.3 is 0 Å². The van der Waals surface area contributed by atoms with E-state index in [2.05, 4.69) is 22.8 Å². The van der Waals surface area contributed by atoms with Gasteiger partial charge in [0.1, 0.15) is 6.29 Å². The van der Waals surface area contributed by atoms with Crippen molar-refractivity contribution in [2.75, 3.05) is 13.6 Å². The maximum atomic E-state index is 13.2. The average molecular weight is 533 g/mol. The van der Waals surface area contributed by atoms with Crippen LogP contribution in [0.25, 0.3) is 0 Å². The van der Waals surface area contributed by atoms with Crippen molar-refractivity contribution in [2.45, 2.75) is 77.2 Å². The van der Waals surface area contributed by atoms with Gasteiger partial charge in [-0.15, -0.1) is 0 Å². The molecule has 2 aliphatic rings. The molecule has 1 saturated heterocycles. The summed E-state index contributed by atoms with van der Waals surface area (Å²) in [5.41, 5.74) is 3.64. The number of nitrogens with zero attached hydrogens (tertiary/aromatic N) is 2.